The van der Waals surface area contributed by atoms with E-state index in [9.17, 15) is 14.4 Å². The lowest BCUT2D eigenvalue weighted by Crippen LogP contribution is -2.60. The Kier molecular flexibility index (Phi) is 10.7. The maximum absolute atomic E-state index is 13.0. The van der Waals surface area contributed by atoms with E-state index in [2.05, 4.69) is 17.6 Å². The zero-order valence-electron chi connectivity index (χ0n) is 20.5. The Morgan fingerprint density at radius 1 is 1.08 bits per heavy atom. The van der Waals surface area contributed by atoms with E-state index in [1.807, 2.05) is 36.4 Å². The van der Waals surface area contributed by atoms with Gasteiger partial charge in [-0.25, -0.2) is 0 Å². The second kappa shape index (κ2) is 14.2. The first kappa shape index (κ1) is 27.1. The third kappa shape index (κ3) is 8.05. The fraction of sp³-hybridized carbons (Fsp3) is 0.407. The maximum atomic E-state index is 13.0. The van der Waals surface area contributed by atoms with Crippen LogP contribution < -0.4 is 15.4 Å². The van der Waals surface area contributed by atoms with Crippen LogP contribution in [0.4, 0.5) is 0 Å². The summed E-state index contributed by atoms with van der Waals surface area (Å²) in [6.45, 7) is 3.49. The Hall–Kier alpha value is -3.46. The molecule has 2 aromatic carbocycles. The Balaban J connectivity index is 1.59. The van der Waals surface area contributed by atoms with Crippen molar-refractivity contribution in [3.63, 3.8) is 0 Å². The molecule has 2 aromatic rings. The molecule has 0 radical (unpaired) electrons. The van der Waals surface area contributed by atoms with E-state index >= 15 is 0 Å². The second-order valence-electron chi connectivity index (χ2n) is 8.52. The van der Waals surface area contributed by atoms with Crippen molar-refractivity contribution in [1.82, 2.24) is 15.5 Å². The average Bonchev–Trinajstić information content (AvgIpc) is 2.89. The number of unbranched alkanes of at least 4 members (excludes halogenated alkanes) is 3. The van der Waals surface area contributed by atoms with Gasteiger partial charge in [0.05, 0.1) is 18.6 Å². The molecule has 1 unspecified atom stereocenters. The molecular formula is C27H33N3O5S. The molecule has 0 saturated carbocycles. The highest BCUT2D eigenvalue weighted by molar-refractivity contribution is 7.80. The van der Waals surface area contributed by atoms with Crippen molar-refractivity contribution in [1.29, 1.82) is 0 Å². The predicted octanol–water partition coefficient (Wildman–Crippen LogP) is 3.59. The van der Waals surface area contributed by atoms with Crippen molar-refractivity contribution in [2.45, 2.75) is 51.7 Å². The van der Waals surface area contributed by atoms with Crippen LogP contribution >= 0.6 is 12.2 Å². The minimum atomic E-state index is -0.875. The SMILES string of the molecule is CCCCCCOc1ccccc1C(=O)NC(=S)N1CCNC(=O)C1CC(=O)OCc1ccccc1. The molecule has 1 aliphatic heterocycles. The average molecular weight is 512 g/mol. The molecule has 1 aliphatic rings. The summed E-state index contributed by atoms with van der Waals surface area (Å²) in [5.74, 6) is -0.820. The first-order valence-corrected chi connectivity index (χ1v) is 12.7. The van der Waals surface area contributed by atoms with Crippen LogP contribution in [0.15, 0.2) is 54.6 Å². The molecule has 0 aromatic heterocycles. The summed E-state index contributed by atoms with van der Waals surface area (Å²) in [7, 11) is 0. The van der Waals surface area contributed by atoms with Crippen LogP contribution in [0, 0.1) is 0 Å². The summed E-state index contributed by atoms with van der Waals surface area (Å²) >= 11 is 5.47. The summed E-state index contributed by atoms with van der Waals surface area (Å²) < 4.78 is 11.2. The molecule has 9 heteroatoms. The van der Waals surface area contributed by atoms with Crippen molar-refractivity contribution in [2.24, 2.45) is 0 Å². The van der Waals surface area contributed by atoms with Gasteiger partial charge >= 0.3 is 5.97 Å². The highest BCUT2D eigenvalue weighted by Gasteiger charge is 2.34. The number of piperazine rings is 1. The number of hydrogen-bond acceptors (Lipinski definition) is 6. The normalized spacial score (nSPS) is 15.1. The van der Waals surface area contributed by atoms with Crippen LogP contribution in [0.3, 0.4) is 0 Å². The predicted molar refractivity (Wildman–Crippen MR) is 141 cm³/mol. The zero-order valence-corrected chi connectivity index (χ0v) is 21.4. The van der Waals surface area contributed by atoms with E-state index in [1.54, 1.807) is 23.1 Å². The van der Waals surface area contributed by atoms with E-state index in [0.29, 0.717) is 31.0 Å². The molecule has 0 aliphatic carbocycles. The van der Waals surface area contributed by atoms with Crippen molar-refractivity contribution < 1.29 is 23.9 Å². The van der Waals surface area contributed by atoms with Gasteiger partial charge in [-0.3, -0.25) is 19.7 Å². The summed E-state index contributed by atoms with van der Waals surface area (Å²) in [4.78, 5) is 39.6. The molecule has 1 heterocycles. The lowest BCUT2D eigenvalue weighted by atomic mass is 10.1. The number of carbonyl (C=O) groups is 3. The molecular weight excluding hydrogens is 478 g/mol. The van der Waals surface area contributed by atoms with Gasteiger partial charge in [-0.1, -0.05) is 68.7 Å². The minimum absolute atomic E-state index is 0.0773. The first-order chi connectivity index (χ1) is 17.5. The lowest BCUT2D eigenvalue weighted by Gasteiger charge is -2.36. The Morgan fingerprint density at radius 3 is 2.61 bits per heavy atom. The Morgan fingerprint density at radius 2 is 1.83 bits per heavy atom. The largest absolute Gasteiger partial charge is 0.493 e. The van der Waals surface area contributed by atoms with E-state index in [0.717, 1.165) is 31.2 Å². The van der Waals surface area contributed by atoms with Crippen LogP contribution in [-0.4, -0.2) is 53.5 Å². The van der Waals surface area contributed by atoms with Crippen molar-refractivity contribution >= 4 is 35.1 Å². The van der Waals surface area contributed by atoms with Gasteiger partial charge in [0.15, 0.2) is 5.11 Å². The summed E-state index contributed by atoms with van der Waals surface area (Å²) in [6, 6.07) is 15.4. The fourth-order valence-electron chi connectivity index (χ4n) is 3.84. The quantitative estimate of drug-likeness (QED) is 0.270. The molecule has 3 rings (SSSR count). The number of carbonyl (C=O) groups excluding carboxylic acids is 3. The topological polar surface area (TPSA) is 97.0 Å². The molecule has 1 atom stereocenters. The Bertz CT molecular complexity index is 1050. The number of esters is 1. The summed E-state index contributed by atoms with van der Waals surface area (Å²) in [6.07, 6.45) is 4.07. The van der Waals surface area contributed by atoms with E-state index in [1.165, 1.54) is 0 Å². The zero-order chi connectivity index (χ0) is 25.8. The minimum Gasteiger partial charge on any atom is -0.493 e. The van der Waals surface area contributed by atoms with Gasteiger partial charge in [-0.15, -0.1) is 0 Å². The molecule has 36 heavy (non-hydrogen) atoms. The second-order valence-corrected chi connectivity index (χ2v) is 8.90. The van der Waals surface area contributed by atoms with Gasteiger partial charge in [-0.2, -0.15) is 0 Å². The van der Waals surface area contributed by atoms with E-state index in [-0.39, 0.29) is 24.0 Å². The van der Waals surface area contributed by atoms with Crippen molar-refractivity contribution in [2.75, 3.05) is 19.7 Å². The third-order valence-electron chi connectivity index (χ3n) is 5.80. The number of nitrogens with zero attached hydrogens (tertiary/aromatic N) is 1. The van der Waals surface area contributed by atoms with Gasteiger partial charge in [0.1, 0.15) is 18.4 Å². The molecule has 1 fully saturated rings. The monoisotopic (exact) mass is 511 g/mol. The number of rotatable bonds is 11. The highest BCUT2D eigenvalue weighted by atomic mass is 32.1. The summed E-state index contributed by atoms with van der Waals surface area (Å²) in [5.41, 5.74) is 1.21. The molecule has 192 valence electrons. The number of benzene rings is 2. The van der Waals surface area contributed by atoms with Crippen molar-refractivity contribution in [3.05, 3.63) is 65.7 Å². The molecule has 2 N–H and O–H groups in total. The number of thiocarbonyl (C=S) groups is 1. The molecule has 0 spiro atoms. The number of hydrogen-bond donors (Lipinski definition) is 2. The third-order valence-corrected chi connectivity index (χ3v) is 6.14. The van der Waals surface area contributed by atoms with E-state index in [4.69, 9.17) is 21.7 Å². The van der Waals surface area contributed by atoms with Gasteiger partial charge in [0.25, 0.3) is 5.91 Å². The summed E-state index contributed by atoms with van der Waals surface area (Å²) in [5, 5.41) is 5.53. The number of para-hydroxylation sites is 1. The van der Waals surface area contributed by atoms with Crippen LogP contribution in [-0.2, 0) is 20.9 Å². The van der Waals surface area contributed by atoms with Crippen LogP contribution in [0.1, 0.15) is 54.9 Å². The van der Waals surface area contributed by atoms with Crippen LogP contribution in [0.25, 0.3) is 0 Å². The number of ether oxygens (including phenoxy) is 2. The lowest BCUT2D eigenvalue weighted by molar-refractivity contribution is -0.148. The van der Waals surface area contributed by atoms with Crippen LogP contribution in [0.2, 0.25) is 0 Å². The molecule has 2 amide bonds. The Labute approximate surface area is 217 Å². The van der Waals surface area contributed by atoms with Gasteiger partial charge < -0.3 is 19.7 Å². The molecule has 8 nitrogen and oxygen atoms in total. The first-order valence-electron chi connectivity index (χ1n) is 12.3. The van der Waals surface area contributed by atoms with Gasteiger partial charge in [0.2, 0.25) is 5.91 Å². The molecule has 0 bridgehead atoms. The number of amides is 2. The fourth-order valence-corrected chi connectivity index (χ4v) is 4.15. The highest BCUT2D eigenvalue weighted by Crippen LogP contribution is 2.19. The standard InChI is InChI=1S/C27H33N3O5S/c1-2-3-4-10-17-34-23-14-9-8-13-21(23)25(32)29-27(36)30-16-15-28-26(33)22(30)18-24(31)35-19-20-11-6-5-7-12-20/h5-9,11-14,22H,2-4,10,15-19H2,1H3,(H,28,33)(H,29,32,36). The van der Waals surface area contributed by atoms with E-state index < -0.39 is 17.9 Å². The van der Waals surface area contributed by atoms with Crippen molar-refractivity contribution in [3.8, 4) is 5.75 Å². The van der Waals surface area contributed by atoms with Gasteiger partial charge in [-0.05, 0) is 36.3 Å². The van der Waals surface area contributed by atoms with Gasteiger partial charge in [0, 0.05) is 13.1 Å². The smallest absolute Gasteiger partial charge is 0.308 e. The van der Waals surface area contributed by atoms with Crippen LogP contribution in [0.5, 0.6) is 5.75 Å². The maximum Gasteiger partial charge on any atom is 0.308 e. The number of nitrogens with one attached hydrogen (secondary N) is 2. The molecule has 1 saturated heterocycles.